The van der Waals surface area contributed by atoms with Crippen LogP contribution in [0.15, 0.2) is 54.2 Å². The van der Waals surface area contributed by atoms with Crippen LogP contribution in [0.2, 0.25) is 0 Å². The number of nitrogens with two attached hydrogens (primary N) is 1. The van der Waals surface area contributed by atoms with Gasteiger partial charge in [0, 0.05) is 39.1 Å². The molecule has 3 aromatic carbocycles. The topological polar surface area (TPSA) is 246 Å². The highest BCUT2D eigenvalue weighted by Gasteiger charge is 2.68. The number of Topliss-reactive ketones (excluding diaryl/α,β-unsaturated/α-hetero) is 3. The lowest BCUT2D eigenvalue weighted by Gasteiger charge is -2.60. The zero-order valence-electron chi connectivity index (χ0n) is 25.2. The van der Waals surface area contributed by atoms with Crippen LogP contribution in [0.1, 0.15) is 58.1 Å². The summed E-state index contributed by atoms with van der Waals surface area (Å²) in [5, 5.41) is 52.2. The molecule has 49 heavy (non-hydrogen) atoms. The number of aliphatic hydroxyl groups is 1. The minimum atomic E-state index is -3.46. The Morgan fingerprint density at radius 2 is 1.80 bits per heavy atom. The lowest BCUT2D eigenvalue weighted by Crippen LogP contribution is -2.76. The highest BCUT2D eigenvalue weighted by Crippen LogP contribution is 2.54. The van der Waals surface area contributed by atoms with E-state index in [4.69, 9.17) is 19.9 Å². The van der Waals surface area contributed by atoms with Gasteiger partial charge in [0.05, 0.1) is 5.70 Å². The van der Waals surface area contributed by atoms with Crippen LogP contribution in [0.25, 0.3) is 12.3 Å². The van der Waals surface area contributed by atoms with Crippen molar-refractivity contribution in [2.75, 3.05) is 6.61 Å². The Labute approximate surface area is 275 Å². The summed E-state index contributed by atoms with van der Waals surface area (Å²) in [5.41, 5.74) is -5.28. The zero-order valence-corrected chi connectivity index (χ0v) is 25.2. The van der Waals surface area contributed by atoms with Gasteiger partial charge in [0.25, 0.3) is 0 Å². The largest absolute Gasteiger partial charge is 0.871 e. The van der Waals surface area contributed by atoms with Crippen LogP contribution in [0.4, 0.5) is 0 Å². The normalized spacial score (nSPS) is 23.0. The van der Waals surface area contributed by atoms with E-state index in [0.29, 0.717) is 11.6 Å². The summed E-state index contributed by atoms with van der Waals surface area (Å²) in [6, 6.07) is 10.3. The first-order valence-corrected chi connectivity index (χ1v) is 14.4. The molecule has 3 aliphatic rings. The molecule has 3 atom stereocenters. The number of fused-ring (bicyclic) bond motifs is 5. The van der Waals surface area contributed by atoms with Gasteiger partial charge in [0.15, 0.2) is 23.8 Å². The Bertz CT molecular complexity index is 2190. The third-order valence-electron chi connectivity index (χ3n) is 8.82. The highest BCUT2D eigenvalue weighted by molar-refractivity contribution is 6.30. The maximum atomic E-state index is 14.5. The number of hydrogen-bond acceptors (Lipinski definition) is 14. The Balaban J connectivity index is 1.59. The van der Waals surface area contributed by atoms with Gasteiger partial charge < -0.3 is 40.4 Å². The summed E-state index contributed by atoms with van der Waals surface area (Å²) in [6.07, 6.45) is -2.55. The van der Waals surface area contributed by atoms with Crippen molar-refractivity contribution in [1.29, 1.82) is 0 Å². The molecule has 14 heteroatoms. The fourth-order valence-electron chi connectivity index (χ4n) is 6.63. The molecule has 0 aliphatic heterocycles. The van der Waals surface area contributed by atoms with E-state index in [0.717, 1.165) is 12.1 Å². The molecular formula is C35H23NO13-4. The summed E-state index contributed by atoms with van der Waals surface area (Å²) in [7, 11) is 3.18. The number of esters is 1. The highest BCUT2D eigenvalue weighted by atomic mass is 16.6. The van der Waals surface area contributed by atoms with Crippen molar-refractivity contribution < 1.29 is 63.4 Å². The van der Waals surface area contributed by atoms with Gasteiger partial charge in [0.1, 0.15) is 24.2 Å². The number of hydrogen-bond donors (Lipinski definition) is 2. The van der Waals surface area contributed by atoms with Gasteiger partial charge in [-0.05, 0) is 28.8 Å². The SMILES string of the molecule is C=c1cc2c(c(OCC(=O)OCc3ccccc3)c1=C([O-])C=O)C1(O)C(=O)c3cc4c(c([O-])c3C(=O)C1(O[CH2-])C([O-])C2)C(=O)C=C(N)C4=O. The molecule has 0 amide bonds. The fourth-order valence-corrected chi connectivity index (χ4v) is 6.63. The second kappa shape index (κ2) is 11.6. The lowest BCUT2D eigenvalue weighted by molar-refractivity contribution is -0.459. The number of carbonyl (C=O) groups excluding carboxylic acids is 6. The minimum absolute atomic E-state index is 0.134. The number of benzene rings is 3. The molecule has 0 fully saturated rings. The van der Waals surface area contributed by atoms with Crippen LogP contribution in [-0.2, 0) is 37.7 Å². The standard InChI is InChI=1S/C35H25NO13/c1-15-8-17-9-23(40)35(47-2)33(45)27-19(10-18-26(30(27)43)21(38)11-20(36)29(18)42)32(44)34(35,46)28(17)31(25(15)22(39)12-37)49-14-24(41)48-13-16-6-4-3-5-7-16/h3-8,10-12,23,39,43,46H,1-2,9,13-14,36H2/q-2/p-2. The monoisotopic (exact) mass is 665 g/mol. The second-order valence-corrected chi connectivity index (χ2v) is 11.5. The lowest BCUT2D eigenvalue weighted by atomic mass is 9.56. The molecule has 0 bridgehead atoms. The minimum Gasteiger partial charge on any atom is -0.871 e. The summed E-state index contributed by atoms with van der Waals surface area (Å²) in [6.45, 7) is 2.55. The van der Waals surface area contributed by atoms with E-state index in [1.54, 1.807) is 30.3 Å². The van der Waals surface area contributed by atoms with E-state index in [9.17, 15) is 49.2 Å². The van der Waals surface area contributed by atoms with Crippen LogP contribution in [0.5, 0.6) is 11.5 Å². The van der Waals surface area contributed by atoms with E-state index >= 15 is 0 Å². The van der Waals surface area contributed by atoms with E-state index in [1.807, 2.05) is 0 Å². The Morgan fingerprint density at radius 3 is 2.45 bits per heavy atom. The van der Waals surface area contributed by atoms with Crippen LogP contribution < -0.4 is 36.2 Å². The summed E-state index contributed by atoms with van der Waals surface area (Å²) < 4.78 is 16.0. The second-order valence-electron chi connectivity index (χ2n) is 11.5. The molecule has 0 saturated heterocycles. The first-order chi connectivity index (χ1) is 23.2. The number of carbonyl (C=O) groups is 6. The van der Waals surface area contributed by atoms with Crippen molar-refractivity contribution in [2.45, 2.75) is 30.3 Å². The van der Waals surface area contributed by atoms with Gasteiger partial charge >= 0.3 is 5.97 Å². The van der Waals surface area contributed by atoms with E-state index < -0.39 is 115 Å². The number of ketones is 4. The average Bonchev–Trinajstić information content (AvgIpc) is 3.07. The third kappa shape index (κ3) is 4.53. The molecule has 6 rings (SSSR count). The molecule has 0 saturated carbocycles. The maximum absolute atomic E-state index is 14.5. The van der Waals surface area contributed by atoms with E-state index in [-0.39, 0.29) is 23.7 Å². The molecule has 250 valence electrons. The molecule has 3 N–H and O–H groups in total. The number of rotatable bonds is 7. The van der Waals surface area contributed by atoms with Gasteiger partial charge in [-0.1, -0.05) is 60.6 Å². The van der Waals surface area contributed by atoms with Crippen molar-refractivity contribution >= 4 is 47.7 Å². The summed E-state index contributed by atoms with van der Waals surface area (Å²) in [4.78, 5) is 79.0. The van der Waals surface area contributed by atoms with E-state index in [1.165, 1.54) is 0 Å². The number of allylic oxidation sites excluding steroid dienone is 2. The quantitative estimate of drug-likeness (QED) is 0.148. The zero-order chi connectivity index (χ0) is 35.6. The van der Waals surface area contributed by atoms with Gasteiger partial charge in [-0.3, -0.25) is 24.0 Å². The molecule has 0 aromatic heterocycles. The van der Waals surface area contributed by atoms with Crippen molar-refractivity contribution in [3.8, 4) is 11.5 Å². The predicted molar refractivity (Wildman–Crippen MR) is 158 cm³/mol. The molecule has 3 aromatic rings. The number of aldehydes is 1. The van der Waals surface area contributed by atoms with Crippen LogP contribution >= 0.6 is 0 Å². The van der Waals surface area contributed by atoms with Crippen LogP contribution in [0.3, 0.4) is 0 Å². The van der Waals surface area contributed by atoms with Gasteiger partial charge in [-0.25, -0.2) is 11.9 Å². The molecule has 3 aliphatic carbocycles. The third-order valence-corrected chi connectivity index (χ3v) is 8.82. The molecule has 0 heterocycles. The molecule has 0 spiro atoms. The van der Waals surface area contributed by atoms with Crippen molar-refractivity contribution in [1.82, 2.24) is 0 Å². The Hall–Kier alpha value is -5.96. The Kier molecular flexibility index (Phi) is 7.82. The van der Waals surface area contributed by atoms with Crippen molar-refractivity contribution in [3.05, 3.63) is 111 Å². The van der Waals surface area contributed by atoms with Crippen molar-refractivity contribution in [3.63, 3.8) is 0 Å². The fraction of sp³-hybridized carbons (Fsp3) is 0.171. The molecule has 14 nitrogen and oxygen atoms in total. The van der Waals surface area contributed by atoms with E-state index in [2.05, 4.69) is 13.7 Å². The first kappa shape index (κ1) is 33.0. The van der Waals surface area contributed by atoms with Gasteiger partial charge in [0.2, 0.25) is 11.6 Å². The van der Waals surface area contributed by atoms with Crippen LogP contribution in [0, 0.1) is 7.11 Å². The van der Waals surface area contributed by atoms with Gasteiger partial charge in [-0.15, -0.1) is 0 Å². The predicted octanol–water partition coefficient (Wildman–Crippen LogP) is -2.72. The average molecular weight is 666 g/mol. The van der Waals surface area contributed by atoms with Crippen molar-refractivity contribution in [2.24, 2.45) is 5.73 Å². The van der Waals surface area contributed by atoms with Crippen LogP contribution in [-0.4, -0.2) is 58.8 Å². The van der Waals surface area contributed by atoms with Gasteiger partial charge in [-0.2, -0.15) is 0 Å². The molecule has 3 unspecified atom stereocenters. The first-order valence-electron chi connectivity index (χ1n) is 14.4. The molecular weight excluding hydrogens is 642 g/mol. The smallest absolute Gasteiger partial charge is 0.344 e. The number of ether oxygens (including phenoxy) is 3. The Morgan fingerprint density at radius 1 is 1.10 bits per heavy atom. The summed E-state index contributed by atoms with van der Waals surface area (Å²) in [5.74, 6) is -9.67. The molecule has 0 radical (unpaired) electrons. The maximum Gasteiger partial charge on any atom is 0.344 e. The summed E-state index contributed by atoms with van der Waals surface area (Å²) >= 11 is 0.